The molecule has 3 aromatic rings. The van der Waals surface area contributed by atoms with Gasteiger partial charge in [0.25, 0.3) is 5.91 Å². The molecule has 1 atom stereocenters. The number of phenolic OH excluding ortho intramolecular Hbond substituents is 1. The van der Waals surface area contributed by atoms with Crippen LogP contribution < -0.4 is 15.5 Å². The Balaban J connectivity index is 1.61. The molecule has 0 radical (unpaired) electrons. The van der Waals surface area contributed by atoms with Gasteiger partial charge in [-0.3, -0.25) is 4.79 Å². The summed E-state index contributed by atoms with van der Waals surface area (Å²) in [4.78, 5) is 12.5. The summed E-state index contributed by atoms with van der Waals surface area (Å²) in [6.07, 6.45) is 3.12. The first-order chi connectivity index (χ1) is 16.4. The number of carbonyl (C=O) groups is 1. The van der Waals surface area contributed by atoms with E-state index in [2.05, 4.69) is 55.2 Å². The zero-order valence-corrected chi connectivity index (χ0v) is 21.7. The Morgan fingerprint density at radius 2 is 2.09 bits per heavy atom. The first-order valence-corrected chi connectivity index (χ1v) is 12.3. The van der Waals surface area contributed by atoms with Gasteiger partial charge >= 0.3 is 0 Å². The number of rotatable bonds is 11. The topological polar surface area (TPSA) is 114 Å². The molecule has 0 aliphatic heterocycles. The number of halogens is 1. The minimum absolute atomic E-state index is 0.0469. The molecule has 2 aromatic carbocycles. The highest BCUT2D eigenvalue weighted by Gasteiger charge is 2.19. The Bertz CT molecular complexity index is 1170. The lowest BCUT2D eigenvalue weighted by molar-refractivity contribution is -0.120. The van der Waals surface area contributed by atoms with Gasteiger partial charge in [-0.2, -0.15) is 5.10 Å². The molecule has 0 saturated carbocycles. The SMILES string of the molecule is C=CCn1c(CNc2ccc(I)cc2)nnc1S[C@@H](C)C(=O)NN=Cc1cccc(OC)c1O. The van der Waals surface area contributed by atoms with Crippen LogP contribution >= 0.6 is 34.4 Å². The Morgan fingerprint density at radius 3 is 2.79 bits per heavy atom. The highest BCUT2D eigenvalue weighted by Crippen LogP contribution is 2.28. The first kappa shape index (κ1) is 25.6. The average molecular weight is 592 g/mol. The Kier molecular flexibility index (Phi) is 9.33. The van der Waals surface area contributed by atoms with Crippen molar-refractivity contribution in [2.75, 3.05) is 12.4 Å². The average Bonchev–Trinajstić information content (AvgIpc) is 3.21. The molecule has 0 unspecified atom stereocenters. The van der Waals surface area contributed by atoms with Gasteiger partial charge in [0.15, 0.2) is 22.5 Å². The molecule has 0 fully saturated rings. The molecule has 1 heterocycles. The van der Waals surface area contributed by atoms with Gasteiger partial charge in [0, 0.05) is 21.4 Å². The van der Waals surface area contributed by atoms with Crippen LogP contribution in [0.1, 0.15) is 18.3 Å². The van der Waals surface area contributed by atoms with Gasteiger partial charge in [0.2, 0.25) is 0 Å². The third-order valence-corrected chi connectivity index (χ3v) is 6.48. The third kappa shape index (κ3) is 6.73. The van der Waals surface area contributed by atoms with Crippen LogP contribution in [-0.4, -0.2) is 44.4 Å². The van der Waals surface area contributed by atoms with E-state index in [-0.39, 0.29) is 11.7 Å². The lowest BCUT2D eigenvalue weighted by atomic mass is 10.2. The molecular formula is C23H25IN6O3S. The predicted molar refractivity (Wildman–Crippen MR) is 142 cm³/mol. The molecule has 9 nitrogen and oxygen atoms in total. The number of phenols is 1. The van der Waals surface area contributed by atoms with E-state index in [9.17, 15) is 9.90 Å². The van der Waals surface area contributed by atoms with Crippen molar-refractivity contribution in [2.24, 2.45) is 5.10 Å². The number of thioether (sulfide) groups is 1. The minimum Gasteiger partial charge on any atom is -0.504 e. The summed E-state index contributed by atoms with van der Waals surface area (Å²) in [5.41, 5.74) is 3.90. The van der Waals surface area contributed by atoms with Crippen LogP contribution in [-0.2, 0) is 17.9 Å². The van der Waals surface area contributed by atoms with Gasteiger partial charge < -0.3 is 19.7 Å². The summed E-state index contributed by atoms with van der Waals surface area (Å²) in [5, 5.41) is 26.1. The Morgan fingerprint density at radius 1 is 1.32 bits per heavy atom. The number of nitrogens with one attached hydrogen (secondary N) is 2. The minimum atomic E-state index is -0.485. The van der Waals surface area contributed by atoms with Crippen molar-refractivity contribution in [1.29, 1.82) is 0 Å². The summed E-state index contributed by atoms with van der Waals surface area (Å²) in [5.74, 6) is 0.706. The van der Waals surface area contributed by atoms with E-state index in [1.165, 1.54) is 25.1 Å². The molecule has 0 aliphatic carbocycles. The normalized spacial score (nSPS) is 11.9. The van der Waals surface area contributed by atoms with Gasteiger partial charge in [0.1, 0.15) is 0 Å². The number of allylic oxidation sites excluding steroid dienone is 1. The number of hydrazone groups is 1. The number of aromatic nitrogens is 3. The number of para-hydroxylation sites is 1. The Hall–Kier alpha value is -3.06. The second-order valence-corrected chi connectivity index (χ2v) is 9.60. The number of hydrogen-bond donors (Lipinski definition) is 3. The summed E-state index contributed by atoms with van der Waals surface area (Å²) in [6.45, 7) is 6.57. The Labute approximate surface area is 215 Å². The van der Waals surface area contributed by atoms with Crippen LogP contribution in [0.5, 0.6) is 11.5 Å². The molecular weight excluding hydrogens is 567 g/mol. The number of methoxy groups -OCH3 is 1. The second-order valence-electron chi connectivity index (χ2n) is 7.05. The smallest absolute Gasteiger partial charge is 0.253 e. The standard InChI is InChI=1S/C23H25IN6O3S/c1-4-12-30-20(14-25-18-10-8-17(24)9-11-18)27-29-23(30)34-15(2)22(32)28-26-13-16-6-5-7-19(33-3)21(16)31/h4-11,13,15,25,31H,1,12,14H2,2-3H3,(H,28,32)/t15-/m0/s1. The largest absolute Gasteiger partial charge is 0.504 e. The number of anilines is 1. The number of aromatic hydroxyl groups is 1. The number of ether oxygens (including phenoxy) is 1. The van der Waals surface area contributed by atoms with Crippen LogP contribution in [0.4, 0.5) is 5.69 Å². The molecule has 0 bridgehead atoms. The highest BCUT2D eigenvalue weighted by atomic mass is 127. The predicted octanol–water partition coefficient (Wildman–Crippen LogP) is 4.03. The van der Waals surface area contributed by atoms with Crippen molar-refractivity contribution in [2.45, 2.75) is 30.4 Å². The molecule has 11 heteroatoms. The third-order valence-electron chi connectivity index (χ3n) is 4.68. The molecule has 34 heavy (non-hydrogen) atoms. The fourth-order valence-electron chi connectivity index (χ4n) is 2.87. The summed E-state index contributed by atoms with van der Waals surface area (Å²) >= 11 is 3.54. The maximum atomic E-state index is 12.5. The summed E-state index contributed by atoms with van der Waals surface area (Å²) < 4.78 is 8.14. The zero-order valence-electron chi connectivity index (χ0n) is 18.7. The van der Waals surface area contributed by atoms with E-state index in [0.717, 1.165) is 15.1 Å². The van der Waals surface area contributed by atoms with Crippen molar-refractivity contribution in [1.82, 2.24) is 20.2 Å². The lowest BCUT2D eigenvalue weighted by Crippen LogP contribution is -2.27. The first-order valence-electron chi connectivity index (χ1n) is 10.3. The maximum absolute atomic E-state index is 12.5. The maximum Gasteiger partial charge on any atom is 0.253 e. The van der Waals surface area contributed by atoms with Gasteiger partial charge in [0.05, 0.1) is 25.1 Å². The number of carbonyl (C=O) groups excluding carboxylic acids is 1. The van der Waals surface area contributed by atoms with Crippen LogP contribution in [0.15, 0.2) is 65.4 Å². The van der Waals surface area contributed by atoms with Crippen molar-refractivity contribution < 1.29 is 14.6 Å². The van der Waals surface area contributed by atoms with Crippen LogP contribution in [0.2, 0.25) is 0 Å². The monoisotopic (exact) mass is 592 g/mol. The van der Waals surface area contributed by atoms with Crippen molar-refractivity contribution in [3.05, 3.63) is 70.1 Å². The van der Waals surface area contributed by atoms with E-state index < -0.39 is 5.25 Å². The van der Waals surface area contributed by atoms with E-state index in [0.29, 0.717) is 29.6 Å². The van der Waals surface area contributed by atoms with Crippen molar-refractivity contribution in [3.63, 3.8) is 0 Å². The summed E-state index contributed by atoms with van der Waals surface area (Å²) in [7, 11) is 1.46. The van der Waals surface area contributed by atoms with Crippen molar-refractivity contribution >= 4 is 52.2 Å². The molecule has 1 aromatic heterocycles. The molecule has 3 N–H and O–H groups in total. The molecule has 0 saturated heterocycles. The van der Waals surface area contributed by atoms with Gasteiger partial charge in [-0.05, 0) is 65.9 Å². The number of amides is 1. The molecule has 3 rings (SSSR count). The molecule has 1 amide bonds. The van der Waals surface area contributed by atoms with E-state index >= 15 is 0 Å². The van der Waals surface area contributed by atoms with E-state index in [1.54, 1.807) is 31.2 Å². The van der Waals surface area contributed by atoms with Crippen molar-refractivity contribution in [3.8, 4) is 11.5 Å². The van der Waals surface area contributed by atoms with Gasteiger partial charge in [-0.1, -0.05) is 23.9 Å². The second kappa shape index (κ2) is 12.4. The fraction of sp³-hybridized carbons (Fsp3) is 0.217. The quantitative estimate of drug-likeness (QED) is 0.101. The van der Waals surface area contributed by atoms with Gasteiger partial charge in [-0.15, -0.1) is 16.8 Å². The van der Waals surface area contributed by atoms with E-state index in [1.807, 2.05) is 28.8 Å². The molecule has 0 aliphatic rings. The number of benzene rings is 2. The lowest BCUT2D eigenvalue weighted by Gasteiger charge is -2.12. The molecule has 0 spiro atoms. The van der Waals surface area contributed by atoms with Gasteiger partial charge in [-0.25, -0.2) is 5.43 Å². The van der Waals surface area contributed by atoms with Crippen LogP contribution in [0, 0.1) is 3.57 Å². The number of hydrogen-bond acceptors (Lipinski definition) is 8. The molecule has 178 valence electrons. The highest BCUT2D eigenvalue weighted by molar-refractivity contribution is 14.1. The van der Waals surface area contributed by atoms with E-state index in [4.69, 9.17) is 4.74 Å². The fourth-order valence-corrected chi connectivity index (χ4v) is 4.11. The van der Waals surface area contributed by atoms with Crippen LogP contribution in [0.25, 0.3) is 0 Å². The van der Waals surface area contributed by atoms with Crippen LogP contribution in [0.3, 0.4) is 0 Å². The zero-order chi connectivity index (χ0) is 24.5. The number of nitrogens with zero attached hydrogens (tertiary/aromatic N) is 4. The summed E-state index contributed by atoms with van der Waals surface area (Å²) in [6, 6.07) is 13.1.